The quantitative estimate of drug-likeness (QED) is 0.321. The van der Waals surface area contributed by atoms with Gasteiger partial charge in [-0.1, -0.05) is 42.5 Å². The van der Waals surface area contributed by atoms with Gasteiger partial charge in [0.05, 0.1) is 12.0 Å². The number of hydrogen-bond acceptors (Lipinski definition) is 5. The fourth-order valence-corrected chi connectivity index (χ4v) is 2.77. The zero-order chi connectivity index (χ0) is 22.2. The van der Waals surface area contributed by atoms with Crippen molar-refractivity contribution < 1.29 is 23.1 Å². The lowest BCUT2D eigenvalue weighted by Crippen LogP contribution is -2.12. The highest BCUT2D eigenvalue weighted by molar-refractivity contribution is 6.05. The standard InChI is InChI=1S/C24H20F2N2O3/c25-18-8-11-20(21(26)13-18)22(29)14-23(27)28-19-9-6-16(7-10-19)12-24(30)31-15-17-4-2-1-3-5-17/h1-11,13-14,28H,12,15,27H2/b23-14+. The number of ether oxygens (including phenoxy) is 1. The normalized spacial score (nSPS) is 11.1. The van der Waals surface area contributed by atoms with Crippen LogP contribution in [-0.4, -0.2) is 11.8 Å². The Kier molecular flexibility index (Phi) is 7.11. The first-order valence-electron chi connectivity index (χ1n) is 9.43. The molecule has 31 heavy (non-hydrogen) atoms. The maximum atomic E-state index is 13.7. The van der Waals surface area contributed by atoms with Crippen LogP contribution >= 0.6 is 0 Å². The largest absolute Gasteiger partial charge is 0.461 e. The number of anilines is 1. The number of carbonyl (C=O) groups excluding carboxylic acids is 2. The van der Waals surface area contributed by atoms with Crippen LogP contribution in [-0.2, 0) is 22.6 Å². The van der Waals surface area contributed by atoms with E-state index in [1.807, 2.05) is 30.3 Å². The van der Waals surface area contributed by atoms with Crippen molar-refractivity contribution in [3.8, 4) is 0 Å². The van der Waals surface area contributed by atoms with Gasteiger partial charge in [-0.15, -0.1) is 0 Å². The van der Waals surface area contributed by atoms with Crippen LogP contribution in [0.25, 0.3) is 0 Å². The van der Waals surface area contributed by atoms with E-state index < -0.39 is 17.4 Å². The maximum Gasteiger partial charge on any atom is 0.310 e. The van der Waals surface area contributed by atoms with Crippen LogP contribution in [0, 0.1) is 11.6 Å². The number of ketones is 1. The van der Waals surface area contributed by atoms with Gasteiger partial charge in [0, 0.05) is 17.8 Å². The molecule has 0 saturated carbocycles. The first kappa shape index (κ1) is 21.7. The number of allylic oxidation sites excluding steroid dienone is 1. The van der Waals surface area contributed by atoms with E-state index in [1.165, 1.54) is 0 Å². The summed E-state index contributed by atoms with van der Waals surface area (Å²) in [6, 6.07) is 18.9. The number of carbonyl (C=O) groups is 2. The lowest BCUT2D eigenvalue weighted by molar-refractivity contribution is -0.144. The monoisotopic (exact) mass is 422 g/mol. The molecule has 0 amide bonds. The third-order valence-electron chi connectivity index (χ3n) is 4.32. The number of nitrogens with one attached hydrogen (secondary N) is 1. The highest BCUT2D eigenvalue weighted by Gasteiger charge is 2.11. The molecule has 3 aromatic rings. The van der Waals surface area contributed by atoms with E-state index in [1.54, 1.807) is 24.3 Å². The minimum absolute atomic E-state index is 0.0104. The lowest BCUT2D eigenvalue weighted by atomic mass is 10.1. The van der Waals surface area contributed by atoms with Crippen LogP contribution < -0.4 is 11.1 Å². The highest BCUT2D eigenvalue weighted by Crippen LogP contribution is 2.14. The first-order valence-corrected chi connectivity index (χ1v) is 9.43. The van der Waals surface area contributed by atoms with Crippen molar-refractivity contribution >= 4 is 17.4 Å². The van der Waals surface area contributed by atoms with E-state index >= 15 is 0 Å². The predicted molar refractivity (Wildman–Crippen MR) is 113 cm³/mol. The van der Waals surface area contributed by atoms with Crippen LogP contribution in [0.4, 0.5) is 14.5 Å². The van der Waals surface area contributed by atoms with Crippen molar-refractivity contribution in [2.24, 2.45) is 5.73 Å². The molecule has 0 heterocycles. The Morgan fingerprint density at radius 2 is 1.65 bits per heavy atom. The van der Waals surface area contributed by atoms with Crippen LogP contribution in [0.3, 0.4) is 0 Å². The Balaban J connectivity index is 1.54. The smallest absolute Gasteiger partial charge is 0.310 e. The van der Waals surface area contributed by atoms with E-state index in [2.05, 4.69) is 5.32 Å². The molecule has 3 rings (SSSR count). The third-order valence-corrected chi connectivity index (χ3v) is 4.32. The number of benzene rings is 3. The molecule has 0 radical (unpaired) electrons. The highest BCUT2D eigenvalue weighted by atomic mass is 19.1. The second-order valence-electron chi connectivity index (χ2n) is 6.73. The molecule has 0 atom stereocenters. The number of hydrogen-bond donors (Lipinski definition) is 2. The molecule has 158 valence electrons. The predicted octanol–water partition coefficient (Wildman–Crippen LogP) is 4.35. The minimum Gasteiger partial charge on any atom is -0.461 e. The van der Waals surface area contributed by atoms with Gasteiger partial charge in [0.2, 0.25) is 0 Å². The summed E-state index contributed by atoms with van der Waals surface area (Å²) < 4.78 is 31.9. The molecule has 0 aliphatic carbocycles. The molecule has 0 unspecified atom stereocenters. The third kappa shape index (κ3) is 6.50. The molecule has 0 saturated heterocycles. The van der Waals surface area contributed by atoms with Gasteiger partial charge in [-0.25, -0.2) is 8.78 Å². The summed E-state index contributed by atoms with van der Waals surface area (Å²) in [6.45, 7) is 0.212. The van der Waals surface area contributed by atoms with Crippen molar-refractivity contribution in [1.82, 2.24) is 0 Å². The second kappa shape index (κ2) is 10.2. The number of esters is 1. The van der Waals surface area contributed by atoms with Crippen molar-refractivity contribution in [2.75, 3.05) is 5.32 Å². The Bertz CT molecular complexity index is 1100. The van der Waals surface area contributed by atoms with Gasteiger partial charge in [-0.3, -0.25) is 9.59 Å². The van der Waals surface area contributed by atoms with Gasteiger partial charge < -0.3 is 15.8 Å². The van der Waals surface area contributed by atoms with Gasteiger partial charge in [0.15, 0.2) is 5.78 Å². The fraction of sp³-hybridized carbons (Fsp3) is 0.0833. The molecule has 0 fully saturated rings. The number of nitrogens with two attached hydrogens (primary N) is 1. The molecule has 5 nitrogen and oxygen atoms in total. The SMILES string of the molecule is N/C(=C\C(=O)c1ccc(F)cc1F)Nc1ccc(CC(=O)OCc2ccccc2)cc1. The Hall–Kier alpha value is -4.00. The maximum absolute atomic E-state index is 13.7. The first-order chi connectivity index (χ1) is 14.9. The number of rotatable bonds is 8. The van der Waals surface area contributed by atoms with E-state index in [-0.39, 0.29) is 30.4 Å². The van der Waals surface area contributed by atoms with Crippen LogP contribution in [0.5, 0.6) is 0 Å². The van der Waals surface area contributed by atoms with E-state index in [0.717, 1.165) is 29.3 Å². The average Bonchev–Trinajstić information content (AvgIpc) is 2.74. The molecular formula is C24H20F2N2O3. The lowest BCUT2D eigenvalue weighted by Gasteiger charge is -2.08. The zero-order valence-electron chi connectivity index (χ0n) is 16.5. The van der Waals surface area contributed by atoms with Gasteiger partial charge in [0.25, 0.3) is 0 Å². The van der Waals surface area contributed by atoms with E-state index in [9.17, 15) is 18.4 Å². The van der Waals surface area contributed by atoms with Crippen LogP contribution in [0.2, 0.25) is 0 Å². The van der Waals surface area contributed by atoms with Crippen molar-refractivity contribution in [3.05, 3.63) is 113 Å². The summed E-state index contributed by atoms with van der Waals surface area (Å²) >= 11 is 0. The van der Waals surface area contributed by atoms with Gasteiger partial charge in [0.1, 0.15) is 24.1 Å². The van der Waals surface area contributed by atoms with Crippen LogP contribution in [0.15, 0.2) is 84.7 Å². The van der Waals surface area contributed by atoms with E-state index in [0.29, 0.717) is 11.8 Å². The topological polar surface area (TPSA) is 81.4 Å². The zero-order valence-corrected chi connectivity index (χ0v) is 16.5. The van der Waals surface area contributed by atoms with Gasteiger partial charge in [-0.05, 0) is 35.4 Å². The molecule has 3 aromatic carbocycles. The Morgan fingerprint density at radius 1 is 0.935 bits per heavy atom. The molecule has 7 heteroatoms. The second-order valence-corrected chi connectivity index (χ2v) is 6.73. The minimum atomic E-state index is -0.961. The summed E-state index contributed by atoms with van der Waals surface area (Å²) in [5.41, 5.74) is 7.74. The summed E-state index contributed by atoms with van der Waals surface area (Å²) in [5.74, 6) is -2.79. The molecule has 0 bridgehead atoms. The van der Waals surface area contributed by atoms with Gasteiger partial charge in [-0.2, -0.15) is 0 Å². The molecule has 0 spiro atoms. The number of halogens is 2. The van der Waals surface area contributed by atoms with Crippen molar-refractivity contribution in [1.29, 1.82) is 0 Å². The Morgan fingerprint density at radius 3 is 2.32 bits per heavy atom. The van der Waals surface area contributed by atoms with Crippen molar-refractivity contribution in [2.45, 2.75) is 13.0 Å². The average molecular weight is 422 g/mol. The molecule has 3 N–H and O–H groups in total. The fourth-order valence-electron chi connectivity index (χ4n) is 2.77. The summed E-state index contributed by atoms with van der Waals surface area (Å²) in [5, 5.41) is 2.81. The Labute approximate surface area is 178 Å². The van der Waals surface area contributed by atoms with E-state index in [4.69, 9.17) is 10.5 Å². The van der Waals surface area contributed by atoms with Crippen LogP contribution in [0.1, 0.15) is 21.5 Å². The summed E-state index contributed by atoms with van der Waals surface area (Å²) in [6.07, 6.45) is 1.13. The summed E-state index contributed by atoms with van der Waals surface area (Å²) in [4.78, 5) is 24.1. The van der Waals surface area contributed by atoms with Crippen molar-refractivity contribution in [3.63, 3.8) is 0 Å². The van der Waals surface area contributed by atoms with Gasteiger partial charge >= 0.3 is 5.97 Å². The molecule has 0 aliphatic heterocycles. The molecular weight excluding hydrogens is 402 g/mol. The summed E-state index contributed by atoms with van der Waals surface area (Å²) in [7, 11) is 0. The molecule has 0 aliphatic rings. The molecule has 0 aromatic heterocycles.